The van der Waals surface area contributed by atoms with Crippen molar-refractivity contribution in [3.05, 3.63) is 47.5 Å². The number of alkyl halides is 1. The lowest BCUT2D eigenvalue weighted by Crippen LogP contribution is -1.96. The molecule has 0 heterocycles. The Hall–Kier alpha value is -2.01. The second-order valence-electron chi connectivity index (χ2n) is 4.17. The summed E-state index contributed by atoms with van der Waals surface area (Å²) in [6.07, 6.45) is 0. The minimum Gasteiger partial charge on any atom is -0.496 e. The van der Waals surface area contributed by atoms with Gasteiger partial charge in [-0.2, -0.15) is 0 Å². The van der Waals surface area contributed by atoms with Crippen molar-refractivity contribution in [1.29, 1.82) is 0 Å². The molecule has 0 bridgehead atoms. The highest BCUT2D eigenvalue weighted by molar-refractivity contribution is 6.17. The fourth-order valence-electron chi connectivity index (χ4n) is 1.75. The molecule has 0 amide bonds. The Morgan fingerprint density at radius 2 is 1.33 bits per heavy atom. The molecule has 112 valence electrons. The van der Waals surface area contributed by atoms with E-state index >= 15 is 0 Å². The van der Waals surface area contributed by atoms with E-state index in [4.69, 9.17) is 25.8 Å². The third kappa shape index (κ3) is 3.55. The molecule has 0 saturated heterocycles. The van der Waals surface area contributed by atoms with Gasteiger partial charge in [-0.25, -0.2) is 8.78 Å². The molecule has 0 N–H and O–H groups in total. The van der Waals surface area contributed by atoms with E-state index in [1.54, 1.807) is 6.07 Å². The van der Waals surface area contributed by atoms with Gasteiger partial charge in [0.1, 0.15) is 17.2 Å². The minimum atomic E-state index is -0.826. The van der Waals surface area contributed by atoms with Gasteiger partial charge in [-0.05, 0) is 17.7 Å². The molecule has 0 saturated carbocycles. The third-order valence-electron chi connectivity index (χ3n) is 2.76. The van der Waals surface area contributed by atoms with Crippen molar-refractivity contribution in [2.24, 2.45) is 0 Å². The summed E-state index contributed by atoms with van der Waals surface area (Å²) in [6.45, 7) is 0. The number of hydrogen-bond donors (Lipinski definition) is 0. The molecule has 21 heavy (non-hydrogen) atoms. The molecular formula is C15H13ClF2O3. The maximum Gasteiger partial charge on any atom is 0.198 e. The van der Waals surface area contributed by atoms with Gasteiger partial charge in [0.05, 0.1) is 14.2 Å². The monoisotopic (exact) mass is 314 g/mol. The highest BCUT2D eigenvalue weighted by Crippen LogP contribution is 2.33. The predicted molar refractivity (Wildman–Crippen MR) is 75.5 cm³/mol. The van der Waals surface area contributed by atoms with E-state index in [0.717, 1.165) is 12.1 Å². The second-order valence-corrected chi connectivity index (χ2v) is 4.44. The predicted octanol–water partition coefficient (Wildman–Crippen LogP) is 4.51. The fourth-order valence-corrected chi connectivity index (χ4v) is 1.90. The highest BCUT2D eigenvalue weighted by atomic mass is 35.5. The van der Waals surface area contributed by atoms with E-state index in [1.165, 1.54) is 26.4 Å². The quantitative estimate of drug-likeness (QED) is 0.760. The molecule has 0 spiro atoms. The Bertz CT molecular complexity index is 602. The molecule has 2 aromatic rings. The summed E-state index contributed by atoms with van der Waals surface area (Å²) in [7, 11) is 2.93. The number of benzene rings is 2. The van der Waals surface area contributed by atoms with E-state index in [2.05, 4.69) is 0 Å². The average molecular weight is 315 g/mol. The Morgan fingerprint density at radius 3 is 1.76 bits per heavy atom. The molecule has 0 unspecified atom stereocenters. The maximum atomic E-state index is 13.9. The van der Waals surface area contributed by atoms with Gasteiger partial charge < -0.3 is 14.2 Å². The van der Waals surface area contributed by atoms with Gasteiger partial charge in [0.25, 0.3) is 0 Å². The molecular weight excluding hydrogens is 302 g/mol. The number of ether oxygens (including phenoxy) is 3. The van der Waals surface area contributed by atoms with Crippen LogP contribution in [0, 0.1) is 11.6 Å². The molecule has 0 aliphatic heterocycles. The first-order chi connectivity index (χ1) is 10.1. The minimum absolute atomic E-state index is 0.0150. The van der Waals surface area contributed by atoms with Gasteiger partial charge in [-0.15, -0.1) is 11.6 Å². The number of methoxy groups -OCH3 is 2. The Labute approximate surface area is 126 Å². The molecule has 3 nitrogen and oxygen atoms in total. The SMILES string of the molecule is COc1cc(OC)cc(Oc2c(F)cc(CCl)cc2F)c1. The first kappa shape index (κ1) is 15.4. The summed E-state index contributed by atoms with van der Waals surface area (Å²) >= 11 is 5.56. The van der Waals surface area contributed by atoms with Crippen LogP contribution in [0.1, 0.15) is 5.56 Å². The largest absolute Gasteiger partial charge is 0.496 e. The smallest absolute Gasteiger partial charge is 0.198 e. The summed E-state index contributed by atoms with van der Waals surface area (Å²) in [6, 6.07) is 6.87. The van der Waals surface area contributed by atoms with Crippen molar-refractivity contribution in [3.63, 3.8) is 0 Å². The van der Waals surface area contributed by atoms with E-state index in [0.29, 0.717) is 17.1 Å². The Balaban J connectivity index is 2.38. The zero-order valence-corrected chi connectivity index (χ0v) is 12.2. The summed E-state index contributed by atoms with van der Waals surface area (Å²) < 4.78 is 43.1. The third-order valence-corrected chi connectivity index (χ3v) is 3.07. The van der Waals surface area contributed by atoms with E-state index in [-0.39, 0.29) is 11.6 Å². The van der Waals surface area contributed by atoms with Crippen LogP contribution in [0.5, 0.6) is 23.0 Å². The summed E-state index contributed by atoms with van der Waals surface area (Å²) in [5.74, 6) is -1.05. The van der Waals surface area contributed by atoms with E-state index in [9.17, 15) is 8.78 Å². The van der Waals surface area contributed by atoms with E-state index < -0.39 is 17.4 Å². The zero-order chi connectivity index (χ0) is 15.4. The standard InChI is InChI=1S/C15H13ClF2O3/c1-19-10-5-11(20-2)7-12(6-10)21-15-13(17)3-9(8-16)4-14(15)18/h3-7H,8H2,1-2H3. The summed E-state index contributed by atoms with van der Waals surface area (Å²) in [5.41, 5.74) is 0.335. The second kappa shape index (κ2) is 6.63. The molecule has 0 fully saturated rings. The number of halogens is 3. The molecule has 0 aliphatic rings. The fraction of sp³-hybridized carbons (Fsp3) is 0.200. The lowest BCUT2D eigenvalue weighted by Gasteiger charge is -2.11. The first-order valence-electron chi connectivity index (χ1n) is 6.02. The lowest BCUT2D eigenvalue weighted by molar-refractivity contribution is 0.376. The molecule has 0 radical (unpaired) electrons. The summed E-state index contributed by atoms with van der Waals surface area (Å²) in [4.78, 5) is 0. The average Bonchev–Trinajstić information content (AvgIpc) is 2.50. The first-order valence-corrected chi connectivity index (χ1v) is 6.55. The van der Waals surface area contributed by atoms with Crippen LogP contribution in [0.2, 0.25) is 0 Å². The van der Waals surface area contributed by atoms with Crippen LogP contribution in [0.25, 0.3) is 0 Å². The normalized spacial score (nSPS) is 10.3. The van der Waals surface area contributed by atoms with Crippen LogP contribution < -0.4 is 14.2 Å². The molecule has 0 aliphatic carbocycles. The Morgan fingerprint density at radius 1 is 0.857 bits per heavy atom. The van der Waals surface area contributed by atoms with Crippen molar-refractivity contribution >= 4 is 11.6 Å². The van der Waals surface area contributed by atoms with Gasteiger partial charge in [0.2, 0.25) is 0 Å². The molecule has 0 atom stereocenters. The van der Waals surface area contributed by atoms with E-state index in [1.807, 2.05) is 0 Å². The van der Waals surface area contributed by atoms with Gasteiger partial charge in [-0.3, -0.25) is 0 Å². The number of hydrogen-bond acceptors (Lipinski definition) is 3. The van der Waals surface area contributed by atoms with Crippen molar-refractivity contribution in [2.45, 2.75) is 5.88 Å². The van der Waals surface area contributed by atoms with Gasteiger partial charge >= 0.3 is 0 Å². The number of rotatable bonds is 5. The van der Waals surface area contributed by atoms with Crippen molar-refractivity contribution in [2.75, 3.05) is 14.2 Å². The molecule has 2 aromatic carbocycles. The lowest BCUT2D eigenvalue weighted by atomic mass is 10.2. The van der Waals surface area contributed by atoms with Crippen LogP contribution in [-0.2, 0) is 5.88 Å². The van der Waals surface area contributed by atoms with Crippen molar-refractivity contribution in [1.82, 2.24) is 0 Å². The van der Waals surface area contributed by atoms with Gasteiger partial charge in [-0.1, -0.05) is 0 Å². The van der Waals surface area contributed by atoms with Crippen LogP contribution in [-0.4, -0.2) is 14.2 Å². The molecule has 0 aromatic heterocycles. The van der Waals surface area contributed by atoms with Crippen LogP contribution in [0.3, 0.4) is 0 Å². The summed E-state index contributed by atoms with van der Waals surface area (Å²) in [5, 5.41) is 0. The highest BCUT2D eigenvalue weighted by Gasteiger charge is 2.14. The van der Waals surface area contributed by atoms with Crippen LogP contribution in [0.4, 0.5) is 8.78 Å². The van der Waals surface area contributed by atoms with Crippen LogP contribution >= 0.6 is 11.6 Å². The van der Waals surface area contributed by atoms with Crippen molar-refractivity contribution in [3.8, 4) is 23.0 Å². The Kier molecular flexibility index (Phi) is 4.85. The zero-order valence-electron chi connectivity index (χ0n) is 11.5. The van der Waals surface area contributed by atoms with Crippen molar-refractivity contribution < 1.29 is 23.0 Å². The van der Waals surface area contributed by atoms with Gasteiger partial charge in [0, 0.05) is 24.1 Å². The molecule has 6 heteroatoms. The maximum absolute atomic E-state index is 13.9. The molecule has 2 rings (SSSR count). The van der Waals surface area contributed by atoms with Crippen LogP contribution in [0.15, 0.2) is 30.3 Å². The topological polar surface area (TPSA) is 27.7 Å². The van der Waals surface area contributed by atoms with Gasteiger partial charge in [0.15, 0.2) is 17.4 Å².